The fraction of sp³-hybridized carbons (Fsp3) is 0.500. The third-order valence-corrected chi connectivity index (χ3v) is 4.81. The van der Waals surface area contributed by atoms with E-state index in [0.29, 0.717) is 18.3 Å². The van der Waals surface area contributed by atoms with Gasteiger partial charge in [-0.05, 0) is 6.92 Å². The number of ether oxygens (including phenoxy) is 2. The minimum Gasteiger partial charge on any atom is -0.388 e. The van der Waals surface area contributed by atoms with Crippen LogP contribution in [0.2, 0.25) is 0 Å². The molecule has 2 fully saturated rings. The first-order chi connectivity index (χ1) is 13.0. The number of nitrogens with zero attached hydrogens (tertiary/aromatic N) is 3. The molecule has 2 saturated heterocycles. The lowest BCUT2D eigenvalue weighted by atomic mass is 10.1. The van der Waals surface area contributed by atoms with Gasteiger partial charge in [-0.15, -0.1) is 12.4 Å². The van der Waals surface area contributed by atoms with Crippen LogP contribution < -0.4 is 11.1 Å². The molecule has 1 aromatic heterocycles. The highest BCUT2D eigenvalue weighted by Crippen LogP contribution is 2.27. The standard InChI is InChI=1S/C18H23N5O4.ClH/c1-10(19)18-21-17(11-5-3-2-4-6-11)22-23(18)7-14(25)20-12-8-26-16-13(24)9-27-15(12)16;/h2-6,10,12-13,15-16,24H,7-9,19H2,1H3,(H,20,25);1H/t10-,12+,13+,15+,16+;/m0./s1. The van der Waals surface area contributed by atoms with Gasteiger partial charge < -0.3 is 25.6 Å². The molecule has 4 rings (SSSR count). The number of fused-ring (bicyclic) bond motifs is 1. The molecule has 2 aliphatic rings. The van der Waals surface area contributed by atoms with Gasteiger partial charge in [0.25, 0.3) is 0 Å². The average molecular weight is 410 g/mol. The van der Waals surface area contributed by atoms with Crippen molar-refractivity contribution in [3.8, 4) is 11.4 Å². The zero-order chi connectivity index (χ0) is 19.0. The van der Waals surface area contributed by atoms with Crippen LogP contribution in [0.15, 0.2) is 30.3 Å². The SMILES string of the molecule is C[C@H](N)c1nc(-c2ccccc2)nn1CC(=O)N[C@@H]1CO[C@H]2[C@@H]1OC[C@H]2O.Cl. The largest absolute Gasteiger partial charge is 0.388 e. The Morgan fingerprint density at radius 3 is 2.75 bits per heavy atom. The molecule has 4 N–H and O–H groups in total. The van der Waals surface area contributed by atoms with Gasteiger partial charge in [-0.25, -0.2) is 9.67 Å². The molecule has 0 bridgehead atoms. The summed E-state index contributed by atoms with van der Waals surface area (Å²) in [7, 11) is 0. The number of carbonyl (C=O) groups is 1. The third-order valence-electron chi connectivity index (χ3n) is 4.81. The molecular formula is C18H24ClN5O4. The number of carbonyl (C=O) groups excluding carboxylic acids is 1. The van der Waals surface area contributed by atoms with Crippen molar-refractivity contribution in [3.63, 3.8) is 0 Å². The molecule has 3 heterocycles. The van der Waals surface area contributed by atoms with Crippen molar-refractivity contribution in [3.05, 3.63) is 36.2 Å². The maximum Gasteiger partial charge on any atom is 0.242 e. The summed E-state index contributed by atoms with van der Waals surface area (Å²) in [5.41, 5.74) is 6.87. The Kier molecular flexibility index (Phi) is 6.31. The summed E-state index contributed by atoms with van der Waals surface area (Å²) >= 11 is 0. The number of hydrogen-bond acceptors (Lipinski definition) is 7. The minimum absolute atomic E-state index is 0. The summed E-state index contributed by atoms with van der Waals surface area (Å²) in [6.07, 6.45) is -1.36. The number of aliphatic hydroxyl groups is 1. The Morgan fingerprint density at radius 2 is 2.04 bits per heavy atom. The van der Waals surface area contributed by atoms with E-state index in [-0.39, 0.29) is 55.8 Å². The fourth-order valence-corrected chi connectivity index (χ4v) is 3.51. The van der Waals surface area contributed by atoms with Gasteiger partial charge >= 0.3 is 0 Å². The Hall–Kier alpha value is -2.04. The van der Waals surface area contributed by atoms with Crippen LogP contribution in [0, 0.1) is 0 Å². The molecule has 1 aromatic carbocycles. The Morgan fingerprint density at radius 1 is 1.32 bits per heavy atom. The molecule has 152 valence electrons. The van der Waals surface area contributed by atoms with Gasteiger partial charge in [0, 0.05) is 5.56 Å². The maximum absolute atomic E-state index is 12.5. The van der Waals surface area contributed by atoms with Crippen LogP contribution in [0.1, 0.15) is 18.8 Å². The molecule has 0 radical (unpaired) electrons. The number of nitrogens with one attached hydrogen (secondary N) is 1. The number of amides is 1. The Labute approximate surface area is 168 Å². The molecule has 2 aromatic rings. The number of rotatable bonds is 5. The van der Waals surface area contributed by atoms with Gasteiger partial charge in [0.1, 0.15) is 30.7 Å². The maximum atomic E-state index is 12.5. The highest BCUT2D eigenvalue weighted by molar-refractivity contribution is 5.85. The van der Waals surface area contributed by atoms with E-state index >= 15 is 0 Å². The molecule has 0 spiro atoms. The van der Waals surface area contributed by atoms with Crippen molar-refractivity contribution < 1.29 is 19.4 Å². The third kappa shape index (κ3) is 4.03. The second kappa shape index (κ2) is 8.54. The summed E-state index contributed by atoms with van der Waals surface area (Å²) in [5.74, 6) is 0.833. The first kappa shape index (κ1) is 20.7. The van der Waals surface area contributed by atoms with Crippen molar-refractivity contribution in [1.29, 1.82) is 0 Å². The lowest BCUT2D eigenvalue weighted by Gasteiger charge is -2.17. The number of halogens is 1. The highest BCUT2D eigenvalue weighted by Gasteiger charge is 2.47. The molecule has 10 heteroatoms. The summed E-state index contributed by atoms with van der Waals surface area (Å²) < 4.78 is 12.6. The molecule has 1 amide bonds. The van der Waals surface area contributed by atoms with E-state index in [1.165, 1.54) is 4.68 Å². The lowest BCUT2D eigenvalue weighted by molar-refractivity contribution is -0.123. The Balaban J connectivity index is 0.00000225. The number of nitrogens with two attached hydrogens (primary N) is 1. The molecule has 0 saturated carbocycles. The van der Waals surface area contributed by atoms with Crippen LogP contribution in [0.5, 0.6) is 0 Å². The summed E-state index contributed by atoms with van der Waals surface area (Å²) in [6, 6.07) is 8.87. The van der Waals surface area contributed by atoms with Crippen LogP contribution in [0.25, 0.3) is 11.4 Å². The second-order valence-corrected chi connectivity index (χ2v) is 6.94. The predicted octanol–water partition coefficient (Wildman–Crippen LogP) is 0.0299. The van der Waals surface area contributed by atoms with Crippen LogP contribution in [0.3, 0.4) is 0 Å². The van der Waals surface area contributed by atoms with Crippen molar-refractivity contribution in [1.82, 2.24) is 20.1 Å². The molecular weight excluding hydrogens is 386 g/mol. The van der Waals surface area contributed by atoms with Crippen molar-refractivity contribution in [2.75, 3.05) is 13.2 Å². The van der Waals surface area contributed by atoms with E-state index < -0.39 is 6.10 Å². The smallest absolute Gasteiger partial charge is 0.242 e. The van der Waals surface area contributed by atoms with Crippen LogP contribution in [-0.2, 0) is 20.8 Å². The van der Waals surface area contributed by atoms with Gasteiger partial charge in [0.2, 0.25) is 5.91 Å². The topological polar surface area (TPSA) is 125 Å². The van der Waals surface area contributed by atoms with Crippen LogP contribution in [-0.4, -0.2) is 63.3 Å². The van der Waals surface area contributed by atoms with Gasteiger partial charge in [-0.2, -0.15) is 5.10 Å². The zero-order valence-electron chi connectivity index (χ0n) is 15.4. The molecule has 28 heavy (non-hydrogen) atoms. The second-order valence-electron chi connectivity index (χ2n) is 6.94. The van der Waals surface area contributed by atoms with Gasteiger partial charge in [0.15, 0.2) is 5.82 Å². The normalized spacial score (nSPS) is 27.1. The van der Waals surface area contributed by atoms with Crippen LogP contribution in [0.4, 0.5) is 0 Å². The number of aromatic nitrogens is 3. The van der Waals surface area contributed by atoms with Gasteiger partial charge in [-0.1, -0.05) is 30.3 Å². The highest BCUT2D eigenvalue weighted by atomic mass is 35.5. The van der Waals surface area contributed by atoms with Crippen molar-refractivity contribution in [2.24, 2.45) is 5.73 Å². The molecule has 2 aliphatic heterocycles. The minimum atomic E-state index is -0.648. The quantitative estimate of drug-likeness (QED) is 0.636. The number of aliphatic hydroxyl groups excluding tert-OH is 1. The summed E-state index contributed by atoms with van der Waals surface area (Å²) in [6.45, 7) is 2.33. The summed E-state index contributed by atoms with van der Waals surface area (Å²) in [5, 5.41) is 17.2. The fourth-order valence-electron chi connectivity index (χ4n) is 3.51. The molecule has 0 aliphatic carbocycles. The first-order valence-electron chi connectivity index (χ1n) is 8.99. The van der Waals surface area contributed by atoms with Crippen molar-refractivity contribution in [2.45, 2.75) is 43.9 Å². The Bertz CT molecular complexity index is 816. The number of hydrogen-bond donors (Lipinski definition) is 3. The van der Waals surface area contributed by atoms with E-state index in [0.717, 1.165) is 5.56 Å². The van der Waals surface area contributed by atoms with Gasteiger partial charge in [0.05, 0.1) is 25.3 Å². The average Bonchev–Trinajstić information content (AvgIpc) is 3.34. The van der Waals surface area contributed by atoms with E-state index in [4.69, 9.17) is 15.2 Å². The molecule has 5 atom stereocenters. The summed E-state index contributed by atoms with van der Waals surface area (Å²) in [4.78, 5) is 17.0. The zero-order valence-corrected chi connectivity index (χ0v) is 16.2. The molecule has 9 nitrogen and oxygen atoms in total. The number of benzene rings is 1. The van der Waals surface area contributed by atoms with E-state index in [2.05, 4.69) is 15.4 Å². The first-order valence-corrected chi connectivity index (χ1v) is 8.99. The molecule has 0 unspecified atom stereocenters. The van der Waals surface area contributed by atoms with Crippen molar-refractivity contribution >= 4 is 18.3 Å². The van der Waals surface area contributed by atoms with E-state index in [9.17, 15) is 9.90 Å². The monoisotopic (exact) mass is 409 g/mol. The lowest BCUT2D eigenvalue weighted by Crippen LogP contribution is -2.45. The van der Waals surface area contributed by atoms with Gasteiger partial charge in [-0.3, -0.25) is 4.79 Å². The van der Waals surface area contributed by atoms with E-state index in [1.807, 2.05) is 30.3 Å². The predicted molar refractivity (Wildman–Crippen MR) is 103 cm³/mol. The van der Waals surface area contributed by atoms with Crippen LogP contribution >= 0.6 is 12.4 Å². The van der Waals surface area contributed by atoms with E-state index in [1.54, 1.807) is 6.92 Å².